The second-order valence-electron chi connectivity index (χ2n) is 7.58. The average Bonchev–Trinajstić information content (AvgIpc) is 3.26. The first-order valence-electron chi connectivity index (χ1n) is 10.0. The van der Waals surface area contributed by atoms with E-state index in [2.05, 4.69) is 27.8 Å². The number of hydrogen-bond donors (Lipinski definition) is 1. The molecule has 0 saturated heterocycles. The largest absolute Gasteiger partial charge is 0.497 e. The van der Waals surface area contributed by atoms with E-state index in [1.54, 1.807) is 14.2 Å². The third-order valence-corrected chi connectivity index (χ3v) is 5.94. The molecule has 1 aliphatic carbocycles. The molecule has 1 aliphatic rings. The van der Waals surface area contributed by atoms with Gasteiger partial charge in [0.25, 0.3) is 0 Å². The second kappa shape index (κ2) is 8.11. The summed E-state index contributed by atoms with van der Waals surface area (Å²) in [5.74, 6) is 2.86. The van der Waals surface area contributed by atoms with E-state index in [-0.39, 0.29) is 5.54 Å². The van der Waals surface area contributed by atoms with Crippen molar-refractivity contribution in [3.8, 4) is 17.2 Å². The van der Waals surface area contributed by atoms with Crippen molar-refractivity contribution in [3.63, 3.8) is 0 Å². The Morgan fingerprint density at radius 3 is 2.24 bits per heavy atom. The van der Waals surface area contributed by atoms with Gasteiger partial charge in [0.1, 0.15) is 17.0 Å². The van der Waals surface area contributed by atoms with Gasteiger partial charge in [-0.1, -0.05) is 19.8 Å². The summed E-state index contributed by atoms with van der Waals surface area (Å²) < 4.78 is 12.4. The number of aromatic nitrogens is 4. The monoisotopic (exact) mass is 393 g/mol. The molecular formula is C22H27N5O2. The van der Waals surface area contributed by atoms with E-state index in [1.807, 2.05) is 53.2 Å². The molecule has 3 aromatic rings. The predicted molar refractivity (Wildman–Crippen MR) is 112 cm³/mol. The second-order valence-corrected chi connectivity index (χ2v) is 7.58. The average molecular weight is 393 g/mol. The van der Waals surface area contributed by atoms with Gasteiger partial charge in [0.15, 0.2) is 5.82 Å². The van der Waals surface area contributed by atoms with E-state index in [1.165, 1.54) is 6.42 Å². The Labute approximate surface area is 171 Å². The van der Waals surface area contributed by atoms with Crippen molar-refractivity contribution >= 4 is 5.69 Å². The lowest BCUT2D eigenvalue weighted by molar-refractivity contribution is 0.215. The molecule has 7 heteroatoms. The number of nitrogens with one attached hydrogen (secondary N) is 1. The first-order valence-corrected chi connectivity index (χ1v) is 10.0. The Morgan fingerprint density at radius 1 is 0.966 bits per heavy atom. The van der Waals surface area contributed by atoms with Crippen molar-refractivity contribution in [1.82, 2.24) is 20.2 Å². The first kappa shape index (κ1) is 19.2. The third kappa shape index (κ3) is 3.64. The van der Waals surface area contributed by atoms with E-state index < -0.39 is 0 Å². The minimum absolute atomic E-state index is 0.351. The summed E-state index contributed by atoms with van der Waals surface area (Å²) in [6, 6.07) is 15.8. The van der Waals surface area contributed by atoms with Crippen molar-refractivity contribution in [2.75, 3.05) is 19.5 Å². The summed E-state index contributed by atoms with van der Waals surface area (Å²) in [5, 5.41) is 16.6. The minimum atomic E-state index is -0.351. The topological polar surface area (TPSA) is 74.1 Å². The molecular weight excluding hydrogens is 366 g/mol. The van der Waals surface area contributed by atoms with E-state index in [0.717, 1.165) is 48.0 Å². The van der Waals surface area contributed by atoms with Crippen molar-refractivity contribution in [1.29, 1.82) is 0 Å². The lowest BCUT2D eigenvalue weighted by Gasteiger charge is -2.42. The maximum atomic E-state index is 5.30. The van der Waals surface area contributed by atoms with E-state index in [4.69, 9.17) is 9.47 Å². The molecule has 2 aromatic carbocycles. The summed E-state index contributed by atoms with van der Waals surface area (Å²) in [7, 11) is 3.34. The van der Waals surface area contributed by atoms with Crippen LogP contribution in [0.5, 0.6) is 11.5 Å². The fourth-order valence-corrected chi connectivity index (χ4v) is 4.22. The quantitative estimate of drug-likeness (QED) is 0.677. The number of methoxy groups -OCH3 is 2. The predicted octanol–water partition coefficient (Wildman–Crippen LogP) is 4.20. The molecule has 0 bridgehead atoms. The van der Waals surface area contributed by atoms with Crippen LogP contribution in [0.25, 0.3) is 5.69 Å². The molecule has 152 valence electrons. The molecule has 1 fully saturated rings. The smallest absolute Gasteiger partial charge is 0.182 e. The van der Waals surface area contributed by atoms with Crippen molar-refractivity contribution in [3.05, 3.63) is 54.4 Å². The van der Waals surface area contributed by atoms with Gasteiger partial charge < -0.3 is 14.8 Å². The summed E-state index contributed by atoms with van der Waals surface area (Å²) in [6.45, 7) is 2.28. The zero-order valence-corrected chi connectivity index (χ0v) is 17.1. The molecule has 2 atom stereocenters. The van der Waals surface area contributed by atoms with E-state index >= 15 is 0 Å². The van der Waals surface area contributed by atoms with Gasteiger partial charge in [-0.25, -0.2) is 0 Å². The Balaban J connectivity index is 1.75. The number of tetrazole rings is 1. The summed E-state index contributed by atoms with van der Waals surface area (Å²) in [6.07, 6.45) is 4.44. The van der Waals surface area contributed by atoms with Crippen molar-refractivity contribution in [2.24, 2.45) is 5.92 Å². The minimum Gasteiger partial charge on any atom is -0.497 e. The molecule has 0 radical (unpaired) electrons. The van der Waals surface area contributed by atoms with Crippen LogP contribution in [0.15, 0.2) is 48.5 Å². The SMILES string of the molecule is COc1ccc(N[C@@]2(c3nnnn3-c3ccc(OC)cc3)CCCC[C@H]2C)cc1. The summed E-state index contributed by atoms with van der Waals surface area (Å²) in [4.78, 5) is 0. The summed E-state index contributed by atoms with van der Waals surface area (Å²) >= 11 is 0. The third-order valence-electron chi connectivity index (χ3n) is 5.94. The van der Waals surface area contributed by atoms with Gasteiger partial charge in [0.05, 0.1) is 19.9 Å². The van der Waals surface area contributed by atoms with Crippen LogP contribution in [0.1, 0.15) is 38.4 Å². The van der Waals surface area contributed by atoms with Gasteiger partial charge in [0.2, 0.25) is 0 Å². The van der Waals surface area contributed by atoms with Crippen LogP contribution in [0, 0.1) is 5.92 Å². The molecule has 0 aliphatic heterocycles. The summed E-state index contributed by atoms with van der Waals surface area (Å²) in [5.41, 5.74) is 1.60. The number of anilines is 1. The normalized spacial score (nSPS) is 21.6. The maximum Gasteiger partial charge on any atom is 0.182 e. The van der Waals surface area contributed by atoms with Crippen molar-refractivity contribution < 1.29 is 9.47 Å². The Kier molecular flexibility index (Phi) is 5.38. The highest BCUT2D eigenvalue weighted by atomic mass is 16.5. The zero-order chi connectivity index (χ0) is 20.3. The highest BCUT2D eigenvalue weighted by molar-refractivity contribution is 5.50. The highest BCUT2D eigenvalue weighted by Crippen LogP contribution is 2.43. The molecule has 1 aromatic heterocycles. The van der Waals surface area contributed by atoms with Gasteiger partial charge in [-0.05, 0) is 77.7 Å². The van der Waals surface area contributed by atoms with E-state index in [9.17, 15) is 0 Å². The van der Waals surface area contributed by atoms with Gasteiger partial charge in [-0.2, -0.15) is 4.68 Å². The van der Waals surface area contributed by atoms with Gasteiger partial charge in [0, 0.05) is 5.69 Å². The van der Waals surface area contributed by atoms with Crippen LogP contribution < -0.4 is 14.8 Å². The zero-order valence-electron chi connectivity index (χ0n) is 17.1. The number of nitrogens with zero attached hydrogens (tertiary/aromatic N) is 4. The highest BCUT2D eigenvalue weighted by Gasteiger charge is 2.44. The molecule has 29 heavy (non-hydrogen) atoms. The van der Waals surface area contributed by atoms with E-state index in [0.29, 0.717) is 5.92 Å². The number of benzene rings is 2. The molecule has 1 N–H and O–H groups in total. The van der Waals surface area contributed by atoms with Gasteiger partial charge in [-0.3, -0.25) is 0 Å². The number of hydrogen-bond acceptors (Lipinski definition) is 6. The number of rotatable bonds is 6. The molecule has 0 amide bonds. The molecule has 0 spiro atoms. The Hall–Kier alpha value is -3.09. The van der Waals surface area contributed by atoms with Crippen molar-refractivity contribution in [2.45, 2.75) is 38.1 Å². The van der Waals surface area contributed by atoms with Crippen LogP contribution in [-0.4, -0.2) is 34.4 Å². The molecule has 4 rings (SSSR count). The molecule has 1 heterocycles. The van der Waals surface area contributed by atoms with Crippen LogP contribution in [0.3, 0.4) is 0 Å². The standard InChI is InChI=1S/C22H27N5O2/c1-16-6-4-5-15-22(16,23-17-7-11-19(28-2)12-8-17)21-24-25-26-27(21)18-9-13-20(29-3)14-10-18/h7-14,16,23H,4-6,15H2,1-3H3/t16-,22+/m1/s1. The Bertz CT molecular complexity index is 939. The maximum absolute atomic E-state index is 5.30. The fraction of sp³-hybridized carbons (Fsp3) is 0.409. The Morgan fingerprint density at radius 2 is 1.62 bits per heavy atom. The molecule has 1 saturated carbocycles. The van der Waals surface area contributed by atoms with Crippen LogP contribution in [0.4, 0.5) is 5.69 Å². The van der Waals surface area contributed by atoms with Crippen LogP contribution in [0.2, 0.25) is 0 Å². The van der Waals surface area contributed by atoms with Crippen LogP contribution >= 0.6 is 0 Å². The molecule has 0 unspecified atom stereocenters. The lowest BCUT2D eigenvalue weighted by atomic mass is 9.72. The molecule has 7 nitrogen and oxygen atoms in total. The first-order chi connectivity index (χ1) is 14.2. The van der Waals surface area contributed by atoms with Gasteiger partial charge >= 0.3 is 0 Å². The lowest BCUT2D eigenvalue weighted by Crippen LogP contribution is -2.46. The number of ether oxygens (including phenoxy) is 2. The van der Waals surface area contributed by atoms with Crippen LogP contribution in [-0.2, 0) is 5.54 Å². The fourth-order valence-electron chi connectivity index (χ4n) is 4.22. The van der Waals surface area contributed by atoms with Gasteiger partial charge in [-0.15, -0.1) is 5.10 Å².